The number of anilines is 4. The molecule has 0 spiro atoms. The molecule has 0 saturated heterocycles. The summed E-state index contributed by atoms with van der Waals surface area (Å²) in [7, 11) is 0. The van der Waals surface area contributed by atoms with Crippen molar-refractivity contribution >= 4 is 40.7 Å². The Bertz CT molecular complexity index is 952. The van der Waals surface area contributed by atoms with Crippen LogP contribution >= 0.6 is 11.6 Å². The number of aromatic carboxylic acids is 1. The second kappa shape index (κ2) is 7.41. The van der Waals surface area contributed by atoms with Crippen LogP contribution in [0.3, 0.4) is 0 Å². The Hall–Kier alpha value is -3.12. The molecule has 3 N–H and O–H groups in total. The fourth-order valence-corrected chi connectivity index (χ4v) is 2.96. The number of nitrogens with one attached hydrogen (secondary N) is 2. The van der Waals surface area contributed by atoms with E-state index >= 15 is 0 Å². The summed E-state index contributed by atoms with van der Waals surface area (Å²) in [4.78, 5) is 19.9. The molecule has 0 saturated carbocycles. The van der Waals surface area contributed by atoms with Crippen LogP contribution in [0.5, 0.6) is 0 Å². The van der Waals surface area contributed by atoms with Gasteiger partial charge in [-0.25, -0.2) is 9.78 Å². The number of aromatic nitrogens is 2. The topological polar surface area (TPSA) is 87.1 Å². The fraction of sp³-hybridized carbons (Fsp3) is 0.105. The zero-order valence-corrected chi connectivity index (χ0v) is 15.0. The quantitative estimate of drug-likeness (QED) is 0.591. The molecule has 0 aliphatic rings. The van der Waals surface area contributed by atoms with Crippen molar-refractivity contribution in [3.8, 4) is 0 Å². The number of nitrogens with zero attached hydrogens (tertiary/aromatic N) is 2. The summed E-state index contributed by atoms with van der Waals surface area (Å²) in [6, 6.07) is 12.2. The normalized spacial score (nSPS) is 10.4. The van der Waals surface area contributed by atoms with Crippen LogP contribution in [0.15, 0.2) is 48.7 Å². The summed E-state index contributed by atoms with van der Waals surface area (Å²) in [6.07, 6.45) is 1.58. The Morgan fingerprint density at radius 3 is 2.62 bits per heavy atom. The van der Waals surface area contributed by atoms with Gasteiger partial charge in [0.2, 0.25) is 5.95 Å². The number of hydrogen-bond acceptors (Lipinski definition) is 5. The third kappa shape index (κ3) is 3.92. The Labute approximate surface area is 155 Å². The van der Waals surface area contributed by atoms with Gasteiger partial charge in [0.1, 0.15) is 5.82 Å². The minimum absolute atomic E-state index is 0.165. The van der Waals surface area contributed by atoms with Crippen molar-refractivity contribution in [2.24, 2.45) is 0 Å². The highest BCUT2D eigenvalue weighted by Gasteiger charge is 2.11. The number of carboxylic acids is 1. The van der Waals surface area contributed by atoms with Gasteiger partial charge in [0.25, 0.3) is 0 Å². The van der Waals surface area contributed by atoms with Gasteiger partial charge in [-0.1, -0.05) is 29.8 Å². The van der Waals surface area contributed by atoms with E-state index < -0.39 is 5.97 Å². The Balaban J connectivity index is 1.87. The van der Waals surface area contributed by atoms with Crippen LogP contribution in [-0.4, -0.2) is 21.0 Å². The van der Waals surface area contributed by atoms with E-state index in [1.165, 1.54) is 6.07 Å². The van der Waals surface area contributed by atoms with Crippen LogP contribution in [0, 0.1) is 13.8 Å². The number of para-hydroxylation sites is 1. The number of carboxylic acid groups (broad SMARTS) is 1. The maximum absolute atomic E-state index is 11.3. The van der Waals surface area contributed by atoms with Crippen LogP contribution < -0.4 is 10.6 Å². The van der Waals surface area contributed by atoms with Crippen molar-refractivity contribution in [3.63, 3.8) is 0 Å². The Morgan fingerprint density at radius 2 is 1.88 bits per heavy atom. The molecule has 0 fully saturated rings. The Kier molecular flexibility index (Phi) is 5.04. The molecule has 7 heteroatoms. The standard InChI is InChI=1S/C19H17ClN4O2/c1-11-9-12(2)17(14(20)10-11)24-19-21-8-7-16(23-19)22-15-6-4-3-5-13(15)18(25)26/h3-10H,1-2H3,(H,25,26)(H2,21,22,23,24). The summed E-state index contributed by atoms with van der Waals surface area (Å²) >= 11 is 6.31. The SMILES string of the molecule is Cc1cc(C)c(Nc2nccc(Nc3ccccc3C(=O)O)n2)c(Cl)c1. The van der Waals surface area contributed by atoms with Crippen LogP contribution in [0.25, 0.3) is 0 Å². The van der Waals surface area contributed by atoms with Gasteiger partial charge in [-0.2, -0.15) is 4.98 Å². The molecule has 26 heavy (non-hydrogen) atoms. The third-order valence-corrected chi connectivity index (χ3v) is 4.04. The van der Waals surface area contributed by atoms with Gasteiger partial charge in [-0.05, 0) is 49.2 Å². The molecule has 1 heterocycles. The summed E-state index contributed by atoms with van der Waals surface area (Å²) in [5.41, 5.74) is 3.40. The molecule has 1 aromatic heterocycles. The van der Waals surface area contributed by atoms with Gasteiger partial charge in [0, 0.05) is 6.20 Å². The first-order valence-electron chi connectivity index (χ1n) is 7.90. The first kappa shape index (κ1) is 17.7. The lowest BCUT2D eigenvalue weighted by Gasteiger charge is -2.13. The van der Waals surface area contributed by atoms with Crippen molar-refractivity contribution in [1.29, 1.82) is 0 Å². The first-order valence-corrected chi connectivity index (χ1v) is 8.28. The lowest BCUT2D eigenvalue weighted by molar-refractivity contribution is 0.0698. The maximum Gasteiger partial charge on any atom is 0.337 e. The molecular weight excluding hydrogens is 352 g/mol. The van der Waals surface area contributed by atoms with E-state index in [1.807, 2.05) is 26.0 Å². The molecule has 0 unspecified atom stereocenters. The van der Waals surface area contributed by atoms with Crippen LogP contribution in [0.2, 0.25) is 5.02 Å². The number of hydrogen-bond donors (Lipinski definition) is 3. The number of benzene rings is 2. The maximum atomic E-state index is 11.3. The van der Waals surface area contributed by atoms with Gasteiger partial charge < -0.3 is 15.7 Å². The highest BCUT2D eigenvalue weighted by atomic mass is 35.5. The van der Waals surface area contributed by atoms with Gasteiger partial charge in [0.15, 0.2) is 0 Å². The molecule has 0 radical (unpaired) electrons. The second-order valence-corrected chi connectivity index (χ2v) is 6.21. The van der Waals surface area contributed by atoms with E-state index in [-0.39, 0.29) is 5.56 Å². The summed E-state index contributed by atoms with van der Waals surface area (Å²) in [5, 5.41) is 16.0. The summed E-state index contributed by atoms with van der Waals surface area (Å²) in [5.74, 6) is -0.184. The smallest absolute Gasteiger partial charge is 0.337 e. The predicted molar refractivity (Wildman–Crippen MR) is 103 cm³/mol. The molecule has 6 nitrogen and oxygen atoms in total. The average molecular weight is 369 g/mol. The van der Waals surface area contributed by atoms with Gasteiger partial charge in [0.05, 0.1) is 22.0 Å². The first-order chi connectivity index (χ1) is 12.4. The molecule has 132 valence electrons. The number of rotatable bonds is 5. The molecule has 0 atom stereocenters. The van der Waals surface area contributed by atoms with Crippen molar-refractivity contribution in [2.75, 3.05) is 10.6 Å². The van der Waals surface area contributed by atoms with Crippen LogP contribution in [-0.2, 0) is 0 Å². The zero-order valence-electron chi connectivity index (χ0n) is 14.2. The van der Waals surface area contributed by atoms with Gasteiger partial charge in [-0.3, -0.25) is 0 Å². The third-order valence-electron chi connectivity index (χ3n) is 3.74. The van der Waals surface area contributed by atoms with Gasteiger partial charge in [-0.15, -0.1) is 0 Å². The fourth-order valence-electron chi connectivity index (χ4n) is 2.59. The molecule has 0 bridgehead atoms. The molecule has 3 aromatic rings. The second-order valence-electron chi connectivity index (χ2n) is 5.80. The largest absolute Gasteiger partial charge is 0.478 e. The minimum atomic E-state index is -1.01. The average Bonchev–Trinajstić information content (AvgIpc) is 2.59. The van der Waals surface area contributed by atoms with Gasteiger partial charge >= 0.3 is 5.97 Å². The number of carbonyl (C=O) groups is 1. The minimum Gasteiger partial charge on any atom is -0.478 e. The van der Waals surface area contributed by atoms with E-state index in [9.17, 15) is 9.90 Å². The Morgan fingerprint density at radius 1 is 1.12 bits per heavy atom. The van der Waals surface area contributed by atoms with Crippen LogP contribution in [0.4, 0.5) is 23.1 Å². The van der Waals surface area contributed by atoms with E-state index in [1.54, 1.807) is 30.5 Å². The van der Waals surface area contributed by atoms with Crippen LogP contribution in [0.1, 0.15) is 21.5 Å². The lowest BCUT2D eigenvalue weighted by atomic mass is 10.1. The van der Waals surface area contributed by atoms with Crippen molar-refractivity contribution in [3.05, 3.63) is 70.4 Å². The van der Waals surface area contributed by atoms with Crippen molar-refractivity contribution < 1.29 is 9.90 Å². The molecule has 0 aliphatic carbocycles. The molecule has 2 aromatic carbocycles. The molecule has 0 aliphatic heterocycles. The van der Waals surface area contributed by atoms with E-state index in [2.05, 4.69) is 20.6 Å². The highest BCUT2D eigenvalue weighted by Crippen LogP contribution is 2.29. The van der Waals surface area contributed by atoms with E-state index in [0.29, 0.717) is 22.5 Å². The predicted octanol–water partition coefficient (Wildman–Crippen LogP) is 4.93. The van der Waals surface area contributed by atoms with Crippen molar-refractivity contribution in [2.45, 2.75) is 13.8 Å². The zero-order chi connectivity index (χ0) is 18.7. The summed E-state index contributed by atoms with van der Waals surface area (Å²) < 4.78 is 0. The van der Waals surface area contributed by atoms with Crippen molar-refractivity contribution in [1.82, 2.24) is 9.97 Å². The molecule has 3 rings (SSSR count). The molecule has 0 amide bonds. The monoisotopic (exact) mass is 368 g/mol. The van der Waals surface area contributed by atoms with E-state index in [0.717, 1.165) is 16.8 Å². The number of aryl methyl sites for hydroxylation is 2. The van der Waals surface area contributed by atoms with E-state index in [4.69, 9.17) is 11.6 Å². The molecular formula is C19H17ClN4O2. The number of halogens is 1. The highest BCUT2D eigenvalue weighted by molar-refractivity contribution is 6.33. The summed E-state index contributed by atoms with van der Waals surface area (Å²) in [6.45, 7) is 3.93. The lowest BCUT2D eigenvalue weighted by Crippen LogP contribution is -2.05.